The van der Waals surface area contributed by atoms with Crippen LogP contribution in [0, 0.1) is 6.92 Å². The van der Waals surface area contributed by atoms with Crippen molar-refractivity contribution in [2.24, 2.45) is 0 Å². The molecule has 0 saturated carbocycles. The fraction of sp³-hybridized carbons (Fsp3) is 0.130. The van der Waals surface area contributed by atoms with Crippen molar-refractivity contribution in [1.29, 1.82) is 0 Å². The lowest BCUT2D eigenvalue weighted by atomic mass is 9.82. The van der Waals surface area contributed by atoms with Gasteiger partial charge in [-0.3, -0.25) is 4.79 Å². The minimum absolute atomic E-state index is 0.187. The first kappa shape index (κ1) is 17.2. The minimum Gasteiger partial charge on any atom is -0.380 e. The monoisotopic (exact) mass is 356 g/mol. The van der Waals surface area contributed by atoms with Crippen LogP contribution in [-0.2, 0) is 12.0 Å². The van der Waals surface area contributed by atoms with Gasteiger partial charge in [-0.1, -0.05) is 60.7 Å². The molecule has 0 aliphatic rings. The predicted octanol–water partition coefficient (Wildman–Crippen LogP) is 3.71. The second kappa shape index (κ2) is 6.82. The number of aromatic nitrogens is 2. The minimum atomic E-state index is -1.22. The van der Waals surface area contributed by atoms with Gasteiger partial charge in [0.05, 0.1) is 0 Å². The highest BCUT2D eigenvalue weighted by Crippen LogP contribution is 2.33. The van der Waals surface area contributed by atoms with Gasteiger partial charge in [-0.25, -0.2) is 4.98 Å². The maximum atomic E-state index is 11.7. The Bertz CT molecular complexity index is 1100. The van der Waals surface area contributed by atoms with E-state index in [4.69, 9.17) is 0 Å². The lowest BCUT2D eigenvalue weighted by Crippen LogP contribution is -2.30. The van der Waals surface area contributed by atoms with E-state index >= 15 is 0 Å². The average Bonchev–Trinajstić information content (AvgIpc) is 2.69. The van der Waals surface area contributed by atoms with E-state index in [0.717, 1.165) is 27.8 Å². The molecule has 0 aliphatic heterocycles. The Kier molecular flexibility index (Phi) is 4.34. The lowest BCUT2D eigenvalue weighted by molar-refractivity contribution is 0.0801. The molecule has 2 aromatic heterocycles. The first-order valence-corrected chi connectivity index (χ1v) is 8.89. The molecule has 27 heavy (non-hydrogen) atoms. The second-order valence-corrected chi connectivity index (χ2v) is 6.78. The Labute approximate surface area is 157 Å². The van der Waals surface area contributed by atoms with Crippen molar-refractivity contribution in [2.45, 2.75) is 18.9 Å². The zero-order valence-electron chi connectivity index (χ0n) is 15.0. The number of H-pyrrole nitrogens is 1. The number of hydrogen-bond acceptors (Lipinski definition) is 3. The fourth-order valence-corrected chi connectivity index (χ4v) is 3.52. The maximum absolute atomic E-state index is 11.7. The topological polar surface area (TPSA) is 66.0 Å². The van der Waals surface area contributed by atoms with E-state index in [1.165, 1.54) is 6.07 Å². The number of aryl methyl sites for hydroxylation is 1. The van der Waals surface area contributed by atoms with Crippen molar-refractivity contribution in [1.82, 2.24) is 9.97 Å². The first-order chi connectivity index (χ1) is 13.1. The summed E-state index contributed by atoms with van der Waals surface area (Å²) in [4.78, 5) is 19.1. The van der Waals surface area contributed by atoms with E-state index in [1.807, 2.05) is 73.7 Å². The third-order valence-electron chi connectivity index (χ3n) is 4.90. The Morgan fingerprint density at radius 1 is 0.926 bits per heavy atom. The van der Waals surface area contributed by atoms with Crippen LogP contribution in [-0.4, -0.2) is 15.1 Å². The average molecular weight is 356 g/mol. The Morgan fingerprint density at radius 2 is 1.52 bits per heavy atom. The standard InChI is InChI=1S/C23H20N2O2/c1-16-14-19(24-22-20(16)12-13-21(26)25-22)15-23(27,17-8-4-2-5-9-17)18-10-6-3-7-11-18/h2-14,27H,15H2,1H3,(H,24,25,26). The summed E-state index contributed by atoms with van der Waals surface area (Å²) in [6.45, 7) is 1.98. The highest BCUT2D eigenvalue weighted by molar-refractivity contribution is 5.78. The molecule has 2 N–H and O–H groups in total. The van der Waals surface area contributed by atoms with Crippen LogP contribution in [0.25, 0.3) is 11.0 Å². The van der Waals surface area contributed by atoms with E-state index < -0.39 is 5.60 Å². The summed E-state index contributed by atoms with van der Waals surface area (Å²) in [6.07, 6.45) is 0.300. The highest BCUT2D eigenvalue weighted by atomic mass is 16.3. The second-order valence-electron chi connectivity index (χ2n) is 6.78. The summed E-state index contributed by atoms with van der Waals surface area (Å²) in [7, 11) is 0. The lowest BCUT2D eigenvalue weighted by Gasteiger charge is -2.29. The highest BCUT2D eigenvalue weighted by Gasteiger charge is 2.32. The zero-order valence-corrected chi connectivity index (χ0v) is 15.0. The van der Waals surface area contributed by atoms with E-state index in [1.54, 1.807) is 6.07 Å². The van der Waals surface area contributed by atoms with Crippen LogP contribution in [0.4, 0.5) is 0 Å². The number of nitrogens with one attached hydrogen (secondary N) is 1. The van der Waals surface area contributed by atoms with Gasteiger partial charge in [0, 0.05) is 23.6 Å². The molecule has 0 bridgehead atoms. The van der Waals surface area contributed by atoms with Crippen LogP contribution in [0.3, 0.4) is 0 Å². The molecule has 0 amide bonds. The van der Waals surface area contributed by atoms with Gasteiger partial charge >= 0.3 is 0 Å². The van der Waals surface area contributed by atoms with Crippen molar-refractivity contribution < 1.29 is 5.11 Å². The summed E-state index contributed by atoms with van der Waals surface area (Å²) in [5.74, 6) is 0. The summed E-state index contributed by atoms with van der Waals surface area (Å²) >= 11 is 0. The van der Waals surface area contributed by atoms with Crippen molar-refractivity contribution in [3.63, 3.8) is 0 Å². The summed E-state index contributed by atoms with van der Waals surface area (Å²) in [6, 6.07) is 24.5. The molecule has 2 heterocycles. The molecule has 4 heteroatoms. The van der Waals surface area contributed by atoms with E-state index in [9.17, 15) is 9.90 Å². The Morgan fingerprint density at radius 3 is 2.11 bits per heavy atom. The van der Waals surface area contributed by atoms with Gasteiger partial charge in [-0.15, -0.1) is 0 Å². The Hall–Kier alpha value is -3.24. The molecular weight excluding hydrogens is 336 g/mol. The number of hydrogen-bond donors (Lipinski definition) is 2. The molecule has 4 nitrogen and oxygen atoms in total. The SMILES string of the molecule is Cc1cc(CC(O)(c2ccccc2)c2ccccc2)nc2[nH]c(=O)ccc12. The normalized spacial score (nSPS) is 11.6. The number of benzene rings is 2. The van der Waals surface area contributed by atoms with Gasteiger partial charge in [0.1, 0.15) is 11.2 Å². The van der Waals surface area contributed by atoms with Crippen LogP contribution in [0.15, 0.2) is 83.7 Å². The first-order valence-electron chi connectivity index (χ1n) is 8.89. The van der Waals surface area contributed by atoms with Gasteiger partial charge in [-0.05, 0) is 35.7 Å². The molecule has 4 rings (SSSR count). The van der Waals surface area contributed by atoms with E-state index in [-0.39, 0.29) is 5.56 Å². The summed E-state index contributed by atoms with van der Waals surface area (Å²) < 4.78 is 0. The van der Waals surface area contributed by atoms with Gasteiger partial charge in [-0.2, -0.15) is 0 Å². The van der Waals surface area contributed by atoms with Gasteiger partial charge < -0.3 is 10.1 Å². The van der Waals surface area contributed by atoms with Crippen LogP contribution in [0.2, 0.25) is 0 Å². The third kappa shape index (κ3) is 3.27. The van der Waals surface area contributed by atoms with Crippen LogP contribution in [0.5, 0.6) is 0 Å². The number of nitrogens with zero attached hydrogens (tertiary/aromatic N) is 1. The molecule has 0 radical (unpaired) electrons. The molecule has 0 saturated heterocycles. The van der Waals surface area contributed by atoms with Crippen molar-refractivity contribution >= 4 is 11.0 Å². The number of pyridine rings is 2. The molecule has 0 aliphatic carbocycles. The molecule has 0 fully saturated rings. The molecule has 0 atom stereocenters. The molecule has 2 aromatic carbocycles. The van der Waals surface area contributed by atoms with E-state index in [0.29, 0.717) is 12.1 Å². The van der Waals surface area contributed by atoms with Gasteiger partial charge in [0.2, 0.25) is 5.56 Å². The molecule has 134 valence electrons. The molecule has 4 aromatic rings. The quantitative estimate of drug-likeness (QED) is 0.586. The zero-order chi connectivity index (χ0) is 18.9. The summed E-state index contributed by atoms with van der Waals surface area (Å²) in [5, 5.41) is 12.6. The molecule has 0 spiro atoms. The van der Waals surface area contributed by atoms with Crippen LogP contribution in [0.1, 0.15) is 22.4 Å². The number of rotatable bonds is 4. The number of fused-ring (bicyclic) bond motifs is 1. The van der Waals surface area contributed by atoms with Crippen molar-refractivity contribution in [2.75, 3.05) is 0 Å². The fourth-order valence-electron chi connectivity index (χ4n) is 3.52. The van der Waals surface area contributed by atoms with E-state index in [2.05, 4.69) is 9.97 Å². The Balaban J connectivity index is 1.86. The van der Waals surface area contributed by atoms with Crippen molar-refractivity contribution in [3.8, 4) is 0 Å². The number of aliphatic hydroxyl groups is 1. The smallest absolute Gasteiger partial charge is 0.249 e. The van der Waals surface area contributed by atoms with Crippen LogP contribution < -0.4 is 5.56 Å². The number of aromatic amines is 1. The van der Waals surface area contributed by atoms with Gasteiger partial charge in [0.15, 0.2) is 0 Å². The summed E-state index contributed by atoms with van der Waals surface area (Å²) in [5.41, 5.74) is 2.47. The third-order valence-corrected chi connectivity index (χ3v) is 4.90. The van der Waals surface area contributed by atoms with Gasteiger partial charge in [0.25, 0.3) is 0 Å². The predicted molar refractivity (Wildman–Crippen MR) is 107 cm³/mol. The molecule has 0 unspecified atom stereocenters. The maximum Gasteiger partial charge on any atom is 0.249 e. The largest absolute Gasteiger partial charge is 0.380 e. The van der Waals surface area contributed by atoms with Crippen LogP contribution >= 0.6 is 0 Å². The molecular formula is C23H20N2O2. The van der Waals surface area contributed by atoms with Crippen molar-refractivity contribution in [3.05, 3.63) is 112 Å².